The van der Waals surface area contributed by atoms with E-state index in [9.17, 15) is 9.59 Å². The van der Waals surface area contributed by atoms with Crippen LogP contribution in [-0.4, -0.2) is 33.5 Å². The van der Waals surface area contributed by atoms with Gasteiger partial charge in [-0.05, 0) is 30.7 Å². The minimum absolute atomic E-state index is 0.148. The lowest BCUT2D eigenvalue weighted by atomic mass is 10.2. The van der Waals surface area contributed by atoms with Crippen LogP contribution in [0.2, 0.25) is 0 Å². The molecule has 0 saturated carbocycles. The largest absolute Gasteiger partial charge is 0.459 e. The number of amides is 2. The van der Waals surface area contributed by atoms with Crippen molar-refractivity contribution in [3.63, 3.8) is 0 Å². The Kier molecular flexibility index (Phi) is 5.71. The van der Waals surface area contributed by atoms with Gasteiger partial charge in [-0.25, -0.2) is 0 Å². The zero-order valence-electron chi connectivity index (χ0n) is 13.8. The first kappa shape index (κ1) is 17.3. The van der Waals surface area contributed by atoms with Crippen molar-refractivity contribution in [3.05, 3.63) is 54.6 Å². The van der Waals surface area contributed by atoms with Crippen LogP contribution < -0.4 is 10.6 Å². The molecule has 0 saturated heterocycles. The van der Waals surface area contributed by atoms with Crippen molar-refractivity contribution in [2.75, 3.05) is 6.54 Å². The predicted octanol–water partition coefficient (Wildman–Crippen LogP) is 1.55. The lowest BCUT2D eigenvalue weighted by Gasteiger charge is -2.04. The Labute approximate surface area is 148 Å². The number of nitrogens with zero attached hydrogens (tertiary/aromatic N) is 3. The van der Waals surface area contributed by atoms with Crippen molar-refractivity contribution in [1.82, 2.24) is 25.8 Å². The number of nitrogens with one attached hydrogen (secondary N) is 2. The first-order valence-corrected chi connectivity index (χ1v) is 8.04. The average molecular weight is 355 g/mol. The molecule has 0 aliphatic rings. The van der Waals surface area contributed by atoms with Crippen LogP contribution in [0.5, 0.6) is 0 Å². The van der Waals surface area contributed by atoms with E-state index in [1.54, 1.807) is 36.7 Å². The van der Waals surface area contributed by atoms with Crippen molar-refractivity contribution in [1.29, 1.82) is 0 Å². The summed E-state index contributed by atoms with van der Waals surface area (Å²) in [5, 5.41) is 9.24. The molecule has 26 heavy (non-hydrogen) atoms. The Bertz CT molecular complexity index is 845. The maximum absolute atomic E-state index is 11.8. The van der Waals surface area contributed by atoms with E-state index in [1.165, 1.54) is 6.26 Å². The molecule has 3 heterocycles. The highest BCUT2D eigenvalue weighted by molar-refractivity contribution is 5.91. The van der Waals surface area contributed by atoms with E-state index >= 15 is 0 Å². The lowest BCUT2D eigenvalue weighted by molar-refractivity contribution is -0.121. The molecule has 134 valence electrons. The lowest BCUT2D eigenvalue weighted by Crippen LogP contribution is -2.27. The molecule has 0 aliphatic carbocycles. The smallest absolute Gasteiger partial charge is 0.286 e. The third kappa shape index (κ3) is 4.76. The van der Waals surface area contributed by atoms with Crippen molar-refractivity contribution in [2.45, 2.75) is 19.4 Å². The SMILES string of the molecule is O=C(CCCNC(=O)c1ccco1)NCc1nc(-c2ccncc2)no1. The van der Waals surface area contributed by atoms with Gasteiger partial charge >= 0.3 is 0 Å². The third-order valence-electron chi connectivity index (χ3n) is 3.45. The molecule has 3 aromatic heterocycles. The van der Waals surface area contributed by atoms with Gasteiger partial charge < -0.3 is 19.6 Å². The standard InChI is InChI=1S/C17H17N5O4/c23-14(4-1-7-19-17(24)13-3-2-10-25-13)20-11-15-21-16(22-26-15)12-5-8-18-9-6-12/h2-3,5-6,8-10H,1,4,7,11H2,(H,19,24)(H,20,23). The van der Waals surface area contributed by atoms with Crippen LogP contribution >= 0.6 is 0 Å². The second-order valence-electron chi connectivity index (χ2n) is 5.36. The number of rotatable bonds is 8. The zero-order chi connectivity index (χ0) is 18.2. The first-order chi connectivity index (χ1) is 12.7. The fourth-order valence-corrected chi connectivity index (χ4v) is 2.15. The summed E-state index contributed by atoms with van der Waals surface area (Å²) in [5.74, 6) is 0.537. The van der Waals surface area contributed by atoms with Crippen molar-refractivity contribution in [2.24, 2.45) is 0 Å². The molecule has 0 radical (unpaired) electrons. The van der Waals surface area contributed by atoms with Crippen LogP contribution in [0.25, 0.3) is 11.4 Å². The van der Waals surface area contributed by atoms with E-state index in [0.29, 0.717) is 24.7 Å². The Hall–Kier alpha value is -3.49. The summed E-state index contributed by atoms with van der Waals surface area (Å²) in [6, 6.07) is 6.75. The molecule has 2 N–H and O–H groups in total. The molecular weight excluding hydrogens is 338 g/mol. The van der Waals surface area contributed by atoms with Crippen molar-refractivity contribution >= 4 is 11.8 Å². The average Bonchev–Trinajstić information content (AvgIpc) is 3.36. The van der Waals surface area contributed by atoms with Gasteiger partial charge in [0.2, 0.25) is 17.6 Å². The van der Waals surface area contributed by atoms with E-state index in [-0.39, 0.29) is 30.5 Å². The fourth-order valence-electron chi connectivity index (χ4n) is 2.15. The van der Waals surface area contributed by atoms with Crippen LogP contribution in [0.4, 0.5) is 0 Å². The highest BCUT2D eigenvalue weighted by atomic mass is 16.5. The molecule has 3 rings (SSSR count). The maximum Gasteiger partial charge on any atom is 0.286 e. The van der Waals surface area contributed by atoms with Crippen LogP contribution in [0.1, 0.15) is 29.3 Å². The summed E-state index contributed by atoms with van der Waals surface area (Å²) < 4.78 is 10.1. The van der Waals surface area contributed by atoms with Gasteiger partial charge in [0, 0.05) is 30.9 Å². The summed E-state index contributed by atoms with van der Waals surface area (Å²) in [6.07, 6.45) is 5.48. The van der Waals surface area contributed by atoms with Gasteiger partial charge in [0.15, 0.2) is 5.76 Å². The van der Waals surface area contributed by atoms with Crippen LogP contribution in [0.15, 0.2) is 51.9 Å². The number of carbonyl (C=O) groups is 2. The topological polar surface area (TPSA) is 123 Å². The van der Waals surface area contributed by atoms with Gasteiger partial charge in [0.05, 0.1) is 12.8 Å². The monoisotopic (exact) mass is 355 g/mol. The van der Waals surface area contributed by atoms with Crippen molar-refractivity contribution < 1.29 is 18.5 Å². The summed E-state index contributed by atoms with van der Waals surface area (Å²) in [6.45, 7) is 0.523. The molecule has 0 unspecified atom stereocenters. The van der Waals surface area contributed by atoms with Crippen LogP contribution in [0, 0.1) is 0 Å². The fraction of sp³-hybridized carbons (Fsp3) is 0.235. The second-order valence-corrected chi connectivity index (χ2v) is 5.36. The molecular formula is C17H17N5O4. The molecule has 0 fully saturated rings. The highest BCUT2D eigenvalue weighted by Crippen LogP contribution is 2.13. The summed E-state index contributed by atoms with van der Waals surface area (Å²) in [5.41, 5.74) is 0.786. The zero-order valence-corrected chi connectivity index (χ0v) is 13.8. The highest BCUT2D eigenvalue weighted by Gasteiger charge is 2.10. The minimum Gasteiger partial charge on any atom is -0.459 e. The van der Waals surface area contributed by atoms with Gasteiger partial charge in [-0.2, -0.15) is 4.98 Å². The third-order valence-corrected chi connectivity index (χ3v) is 3.45. The normalized spacial score (nSPS) is 10.5. The minimum atomic E-state index is -0.301. The second kappa shape index (κ2) is 8.56. The molecule has 2 amide bonds. The Morgan fingerprint density at radius 1 is 1.12 bits per heavy atom. The number of hydrogen-bond donors (Lipinski definition) is 2. The maximum atomic E-state index is 11.8. The summed E-state index contributed by atoms with van der Waals surface area (Å²) in [7, 11) is 0. The van der Waals surface area contributed by atoms with Gasteiger partial charge in [-0.3, -0.25) is 14.6 Å². The van der Waals surface area contributed by atoms with E-state index in [0.717, 1.165) is 5.56 Å². The van der Waals surface area contributed by atoms with Crippen LogP contribution in [0.3, 0.4) is 0 Å². The van der Waals surface area contributed by atoms with E-state index in [1.807, 2.05) is 0 Å². The first-order valence-electron chi connectivity index (χ1n) is 8.04. The van der Waals surface area contributed by atoms with E-state index < -0.39 is 0 Å². The van der Waals surface area contributed by atoms with Crippen LogP contribution in [-0.2, 0) is 11.3 Å². The van der Waals surface area contributed by atoms with E-state index in [4.69, 9.17) is 8.94 Å². The van der Waals surface area contributed by atoms with E-state index in [2.05, 4.69) is 25.8 Å². The molecule has 0 aliphatic heterocycles. The Balaban J connectivity index is 1.35. The summed E-state index contributed by atoms with van der Waals surface area (Å²) in [4.78, 5) is 31.6. The van der Waals surface area contributed by atoms with Crippen molar-refractivity contribution in [3.8, 4) is 11.4 Å². The van der Waals surface area contributed by atoms with Gasteiger partial charge in [0.25, 0.3) is 5.91 Å². The molecule has 9 heteroatoms. The summed E-state index contributed by atoms with van der Waals surface area (Å²) >= 11 is 0. The number of carbonyl (C=O) groups excluding carboxylic acids is 2. The Morgan fingerprint density at radius 3 is 2.73 bits per heavy atom. The quantitative estimate of drug-likeness (QED) is 0.588. The number of furan rings is 1. The molecule has 3 aromatic rings. The molecule has 0 spiro atoms. The molecule has 0 aromatic carbocycles. The molecule has 0 bridgehead atoms. The molecule has 0 atom stereocenters. The van der Waals surface area contributed by atoms with Gasteiger partial charge in [0.1, 0.15) is 0 Å². The predicted molar refractivity (Wildman–Crippen MR) is 89.7 cm³/mol. The number of hydrogen-bond acceptors (Lipinski definition) is 7. The Morgan fingerprint density at radius 2 is 1.96 bits per heavy atom. The van der Waals surface area contributed by atoms with Gasteiger partial charge in [-0.1, -0.05) is 5.16 Å². The number of aromatic nitrogens is 3. The molecule has 9 nitrogen and oxygen atoms in total. The number of pyridine rings is 1. The van der Waals surface area contributed by atoms with Gasteiger partial charge in [-0.15, -0.1) is 0 Å².